The van der Waals surface area contributed by atoms with Crippen molar-refractivity contribution in [3.63, 3.8) is 0 Å². The second kappa shape index (κ2) is 15.0. The van der Waals surface area contributed by atoms with Crippen molar-refractivity contribution in [1.29, 1.82) is 0 Å². The third-order valence-corrected chi connectivity index (χ3v) is 6.67. The van der Waals surface area contributed by atoms with Crippen molar-refractivity contribution in [3.8, 4) is 0 Å². The largest absolute Gasteiger partial charge is 0.397 e. The molecule has 0 fully saturated rings. The quantitative estimate of drug-likeness (QED) is 0.290. The Balaban J connectivity index is 2.13. The number of amides is 2. The Hall–Kier alpha value is -3.60. The lowest BCUT2D eigenvalue weighted by Gasteiger charge is -2.18. The average Bonchev–Trinajstić information content (AvgIpc) is 3.26. The predicted molar refractivity (Wildman–Crippen MR) is 160 cm³/mol. The molecule has 0 atom stereocenters. The topological polar surface area (TPSA) is 58.4 Å². The number of carbonyl (C=O) groups is 1. The highest BCUT2D eigenvalue weighted by molar-refractivity contribution is 5.78. The third kappa shape index (κ3) is 9.05. The molecule has 5 heteroatoms. The molecule has 2 rings (SSSR count). The number of nitrogens with one attached hydrogen (secondary N) is 1. The fraction of sp³-hybridized carbons (Fsp3) is 0.364. The number of allylic oxidation sites excluding steroid dienone is 8. The molecule has 1 aliphatic rings. The van der Waals surface area contributed by atoms with Gasteiger partial charge in [0.25, 0.3) is 0 Å². The van der Waals surface area contributed by atoms with E-state index in [1.54, 1.807) is 23.1 Å². The van der Waals surface area contributed by atoms with E-state index in [2.05, 4.69) is 64.7 Å². The Kier molecular flexibility index (Phi) is 12.1. The van der Waals surface area contributed by atoms with Crippen molar-refractivity contribution >= 4 is 11.6 Å². The van der Waals surface area contributed by atoms with Gasteiger partial charge >= 0.3 is 6.03 Å². The number of urea groups is 1. The first-order valence-corrected chi connectivity index (χ1v) is 13.5. The standard InChI is InChI=1S/C33H44FN3O/c1-8-11-28(12-9-2)29(19-23(4)10-3)20-30-22-37(21-25(30)6)33(38)36-26(7)32(35)18-13-24(5)27-14-16-31(34)17-15-27/h11,13-20H,7-10,12,21-22,35H2,1-6H3,(H,36,38)/b23-19-,24-13+,28-11+,29-20+,32-18+. The molecule has 204 valence electrons. The molecule has 3 N–H and O–H groups in total. The molecule has 0 spiro atoms. The lowest BCUT2D eigenvalue weighted by Crippen LogP contribution is -2.39. The molecule has 0 aromatic heterocycles. The van der Waals surface area contributed by atoms with Crippen LogP contribution in [0.1, 0.15) is 72.8 Å². The van der Waals surface area contributed by atoms with Crippen LogP contribution >= 0.6 is 0 Å². The van der Waals surface area contributed by atoms with Gasteiger partial charge in [-0.05, 0) is 97.7 Å². The van der Waals surface area contributed by atoms with E-state index in [0.717, 1.165) is 36.8 Å². The van der Waals surface area contributed by atoms with Crippen LogP contribution in [0.5, 0.6) is 0 Å². The van der Waals surface area contributed by atoms with Gasteiger partial charge in [0.15, 0.2) is 0 Å². The van der Waals surface area contributed by atoms with Crippen LogP contribution in [0.3, 0.4) is 0 Å². The Morgan fingerprint density at radius 1 is 1.13 bits per heavy atom. The Morgan fingerprint density at radius 2 is 1.82 bits per heavy atom. The zero-order valence-corrected chi connectivity index (χ0v) is 24.0. The smallest absolute Gasteiger partial charge is 0.322 e. The van der Waals surface area contributed by atoms with Crippen LogP contribution < -0.4 is 11.1 Å². The Morgan fingerprint density at radius 3 is 2.42 bits per heavy atom. The Bertz CT molecular complexity index is 1190. The summed E-state index contributed by atoms with van der Waals surface area (Å²) in [5.41, 5.74) is 15.0. The monoisotopic (exact) mass is 517 g/mol. The molecule has 1 aromatic rings. The highest BCUT2D eigenvalue weighted by Crippen LogP contribution is 2.26. The molecule has 0 saturated heterocycles. The minimum Gasteiger partial charge on any atom is -0.397 e. The summed E-state index contributed by atoms with van der Waals surface area (Å²) in [5, 5.41) is 2.84. The number of nitrogens with two attached hydrogens (primary N) is 1. The van der Waals surface area contributed by atoms with Crippen LogP contribution in [0.2, 0.25) is 0 Å². The van der Waals surface area contributed by atoms with Gasteiger partial charge in [-0.1, -0.05) is 69.7 Å². The van der Waals surface area contributed by atoms with Crippen LogP contribution in [-0.2, 0) is 0 Å². The van der Waals surface area contributed by atoms with Gasteiger partial charge in [-0.15, -0.1) is 0 Å². The second-order valence-electron chi connectivity index (χ2n) is 9.88. The zero-order chi connectivity index (χ0) is 28.2. The number of hydrogen-bond acceptors (Lipinski definition) is 2. The zero-order valence-electron chi connectivity index (χ0n) is 24.0. The van der Waals surface area contributed by atoms with Gasteiger partial charge in [-0.25, -0.2) is 9.18 Å². The highest BCUT2D eigenvalue weighted by atomic mass is 19.1. The van der Waals surface area contributed by atoms with Gasteiger partial charge in [-0.3, -0.25) is 0 Å². The number of rotatable bonds is 11. The molecule has 2 amide bonds. The van der Waals surface area contributed by atoms with Gasteiger partial charge in [-0.2, -0.15) is 0 Å². The minimum absolute atomic E-state index is 0.229. The van der Waals surface area contributed by atoms with E-state index in [-0.39, 0.29) is 11.8 Å². The highest BCUT2D eigenvalue weighted by Gasteiger charge is 2.23. The molecule has 38 heavy (non-hydrogen) atoms. The van der Waals surface area contributed by atoms with Crippen LogP contribution in [-0.4, -0.2) is 24.0 Å². The van der Waals surface area contributed by atoms with Crippen molar-refractivity contribution in [1.82, 2.24) is 10.2 Å². The fourth-order valence-electron chi connectivity index (χ4n) is 4.16. The fourth-order valence-corrected chi connectivity index (χ4v) is 4.16. The first-order chi connectivity index (χ1) is 18.1. The SMILES string of the molecule is C=C(NC(=O)N1CC(C)=C(/C=C(\C=C(\C)CC)C(=C/CC)/CCC)C1)/C(N)=C\C=C(/C)c1ccc(F)cc1. The Labute approximate surface area is 228 Å². The van der Waals surface area contributed by atoms with E-state index < -0.39 is 0 Å². The van der Waals surface area contributed by atoms with Gasteiger partial charge < -0.3 is 16.0 Å². The van der Waals surface area contributed by atoms with Crippen LogP contribution in [0, 0.1) is 5.82 Å². The molecule has 0 radical (unpaired) electrons. The number of nitrogens with zero attached hydrogens (tertiary/aromatic N) is 1. The number of hydrogen-bond donors (Lipinski definition) is 2. The van der Waals surface area contributed by atoms with Gasteiger partial charge in [0.05, 0.1) is 11.4 Å². The summed E-state index contributed by atoms with van der Waals surface area (Å²) in [6.07, 6.45) is 14.5. The lowest BCUT2D eigenvalue weighted by atomic mass is 9.95. The number of benzene rings is 1. The van der Waals surface area contributed by atoms with E-state index in [4.69, 9.17) is 5.73 Å². The second-order valence-corrected chi connectivity index (χ2v) is 9.88. The summed E-state index contributed by atoms with van der Waals surface area (Å²) < 4.78 is 13.2. The van der Waals surface area contributed by atoms with E-state index >= 15 is 0 Å². The average molecular weight is 518 g/mol. The summed E-state index contributed by atoms with van der Waals surface area (Å²) >= 11 is 0. The predicted octanol–water partition coefficient (Wildman–Crippen LogP) is 8.35. The molecule has 1 heterocycles. The molecule has 0 saturated carbocycles. The third-order valence-electron chi connectivity index (χ3n) is 6.67. The molecule has 0 aliphatic carbocycles. The lowest BCUT2D eigenvalue weighted by molar-refractivity contribution is 0.213. The van der Waals surface area contributed by atoms with E-state index in [0.29, 0.717) is 24.5 Å². The van der Waals surface area contributed by atoms with Gasteiger partial charge in [0, 0.05) is 13.1 Å². The summed E-state index contributed by atoms with van der Waals surface area (Å²) in [7, 11) is 0. The van der Waals surface area contributed by atoms with Gasteiger partial charge in [0.1, 0.15) is 5.82 Å². The van der Waals surface area contributed by atoms with Gasteiger partial charge in [0.2, 0.25) is 0 Å². The normalized spacial score (nSPS) is 15.9. The van der Waals surface area contributed by atoms with Crippen molar-refractivity contribution in [2.45, 2.75) is 67.2 Å². The van der Waals surface area contributed by atoms with Crippen LogP contribution in [0.15, 0.2) is 100 Å². The summed E-state index contributed by atoms with van der Waals surface area (Å²) in [5.74, 6) is -0.277. The first kappa shape index (κ1) is 30.6. The number of halogens is 1. The summed E-state index contributed by atoms with van der Waals surface area (Å²) in [4.78, 5) is 14.8. The van der Waals surface area contributed by atoms with Crippen molar-refractivity contribution in [3.05, 3.63) is 112 Å². The molecule has 0 unspecified atom stereocenters. The number of carbonyl (C=O) groups excluding carboxylic acids is 1. The molecule has 4 nitrogen and oxygen atoms in total. The minimum atomic E-state index is -0.277. The van der Waals surface area contributed by atoms with Crippen LogP contribution in [0.25, 0.3) is 5.57 Å². The van der Waals surface area contributed by atoms with Crippen molar-refractivity contribution < 1.29 is 9.18 Å². The van der Waals surface area contributed by atoms with Crippen molar-refractivity contribution in [2.75, 3.05) is 13.1 Å². The molecular formula is C33H44FN3O. The summed E-state index contributed by atoms with van der Waals surface area (Å²) in [6, 6.07) is 6.04. The summed E-state index contributed by atoms with van der Waals surface area (Å²) in [6.45, 7) is 17.8. The molecular weight excluding hydrogens is 473 g/mol. The van der Waals surface area contributed by atoms with Crippen LogP contribution in [0.4, 0.5) is 9.18 Å². The van der Waals surface area contributed by atoms with E-state index in [1.807, 2.05) is 13.0 Å². The molecule has 1 aromatic carbocycles. The van der Waals surface area contributed by atoms with Crippen molar-refractivity contribution in [2.24, 2.45) is 5.73 Å². The maximum atomic E-state index is 13.2. The van der Waals surface area contributed by atoms with E-state index in [1.165, 1.54) is 40.0 Å². The van der Waals surface area contributed by atoms with E-state index in [9.17, 15) is 9.18 Å². The molecule has 1 aliphatic heterocycles. The molecule has 0 bridgehead atoms. The first-order valence-electron chi connectivity index (χ1n) is 13.5. The maximum Gasteiger partial charge on any atom is 0.322 e. The maximum absolute atomic E-state index is 13.2.